The molecule has 2 atom stereocenters. The zero-order valence-electron chi connectivity index (χ0n) is 15.5. The number of rotatable bonds is 6. The summed E-state index contributed by atoms with van der Waals surface area (Å²) < 4.78 is 0. The summed E-state index contributed by atoms with van der Waals surface area (Å²) in [4.78, 5) is 4.98. The molecule has 0 amide bonds. The van der Waals surface area contributed by atoms with Crippen LogP contribution in [0.5, 0.6) is 0 Å². The second kappa shape index (κ2) is 7.09. The Morgan fingerprint density at radius 3 is 2.48 bits per heavy atom. The number of piperidine rings is 1. The lowest BCUT2D eigenvalue weighted by molar-refractivity contribution is -0.0549. The first-order chi connectivity index (χ1) is 12.2. The van der Waals surface area contributed by atoms with Gasteiger partial charge in [-0.1, -0.05) is 36.8 Å². The van der Waals surface area contributed by atoms with Crippen LogP contribution in [0.2, 0.25) is 0 Å². The van der Waals surface area contributed by atoms with Crippen LogP contribution in [0.3, 0.4) is 0 Å². The quantitative estimate of drug-likeness (QED) is 0.789. The molecule has 1 aromatic carbocycles. The van der Waals surface area contributed by atoms with Gasteiger partial charge in [-0.05, 0) is 69.1 Å². The number of hydrogen-bond acceptors (Lipinski definition) is 3. The summed E-state index contributed by atoms with van der Waals surface area (Å²) in [5.74, 6) is 2.68. The Morgan fingerprint density at radius 2 is 1.84 bits per heavy atom. The molecule has 4 rings (SSSR count). The highest BCUT2D eigenvalue weighted by atomic mass is 15.3. The van der Waals surface area contributed by atoms with Gasteiger partial charge in [0.1, 0.15) is 0 Å². The van der Waals surface area contributed by atoms with E-state index in [1.807, 2.05) is 0 Å². The van der Waals surface area contributed by atoms with Crippen LogP contribution in [0.4, 0.5) is 0 Å². The zero-order chi connectivity index (χ0) is 17.3. The zero-order valence-corrected chi connectivity index (χ0v) is 15.5. The lowest BCUT2D eigenvalue weighted by Crippen LogP contribution is -2.69. The number of nitriles is 1. The molecule has 2 heterocycles. The van der Waals surface area contributed by atoms with E-state index >= 15 is 0 Å². The average molecular weight is 338 g/mol. The lowest BCUT2D eigenvalue weighted by atomic mass is 9.81. The van der Waals surface area contributed by atoms with Gasteiger partial charge in [-0.25, -0.2) is 0 Å². The van der Waals surface area contributed by atoms with E-state index in [2.05, 4.69) is 53.2 Å². The molecule has 2 aliphatic heterocycles. The second-order valence-electron chi connectivity index (χ2n) is 8.75. The van der Waals surface area contributed by atoms with Crippen molar-refractivity contribution < 1.29 is 0 Å². The van der Waals surface area contributed by atoms with Crippen LogP contribution in [-0.4, -0.2) is 48.6 Å². The Morgan fingerprint density at radius 1 is 1.12 bits per heavy atom. The lowest BCUT2D eigenvalue weighted by Gasteiger charge is -2.55. The van der Waals surface area contributed by atoms with E-state index < -0.39 is 0 Å². The largest absolute Gasteiger partial charge is 0.303 e. The van der Waals surface area contributed by atoms with Gasteiger partial charge in [-0.2, -0.15) is 5.26 Å². The van der Waals surface area contributed by atoms with Gasteiger partial charge >= 0.3 is 0 Å². The van der Waals surface area contributed by atoms with E-state index in [1.54, 1.807) is 5.56 Å². The fraction of sp³-hybridized carbons (Fsp3) is 0.682. The van der Waals surface area contributed by atoms with E-state index in [0.29, 0.717) is 6.42 Å². The highest BCUT2D eigenvalue weighted by Crippen LogP contribution is 2.50. The van der Waals surface area contributed by atoms with Crippen LogP contribution >= 0.6 is 0 Å². The predicted octanol–water partition coefficient (Wildman–Crippen LogP) is 3.88. The molecule has 2 unspecified atom stereocenters. The highest BCUT2D eigenvalue weighted by Gasteiger charge is 2.46. The number of benzene rings is 1. The molecule has 0 spiro atoms. The normalized spacial score (nSPS) is 29.8. The fourth-order valence-corrected chi connectivity index (χ4v) is 5.35. The molecule has 2 saturated heterocycles. The molecule has 0 radical (unpaired) electrons. The molecule has 25 heavy (non-hydrogen) atoms. The van der Waals surface area contributed by atoms with Crippen molar-refractivity contribution in [2.75, 3.05) is 33.2 Å². The summed E-state index contributed by atoms with van der Waals surface area (Å²) in [7, 11) is 2.17. The molecule has 0 aromatic heterocycles. The van der Waals surface area contributed by atoms with Crippen LogP contribution in [0.15, 0.2) is 30.3 Å². The Balaban J connectivity index is 1.21. The van der Waals surface area contributed by atoms with E-state index in [4.69, 9.17) is 0 Å². The highest BCUT2D eigenvalue weighted by molar-refractivity contribution is 5.25. The first kappa shape index (κ1) is 17.1. The molecule has 1 aliphatic carbocycles. The molecular weight excluding hydrogens is 306 g/mol. The topological polar surface area (TPSA) is 30.3 Å². The van der Waals surface area contributed by atoms with Crippen LogP contribution in [-0.2, 0) is 0 Å². The molecule has 134 valence electrons. The molecule has 0 bridgehead atoms. The van der Waals surface area contributed by atoms with E-state index in [0.717, 1.165) is 30.8 Å². The number of likely N-dealkylation sites (tertiary alicyclic amines) is 2. The number of nitrogens with zero attached hydrogens (tertiary/aromatic N) is 3. The van der Waals surface area contributed by atoms with Crippen LogP contribution < -0.4 is 0 Å². The number of hydrogen-bond donors (Lipinski definition) is 0. The van der Waals surface area contributed by atoms with Crippen LogP contribution in [0.25, 0.3) is 0 Å². The third-order valence-corrected chi connectivity index (χ3v) is 6.92. The summed E-state index contributed by atoms with van der Waals surface area (Å²) >= 11 is 0. The first-order valence-electron chi connectivity index (χ1n) is 10.1. The Kier molecular flexibility index (Phi) is 4.84. The van der Waals surface area contributed by atoms with Crippen LogP contribution in [0.1, 0.15) is 50.0 Å². The van der Waals surface area contributed by atoms with Crippen molar-refractivity contribution in [3.05, 3.63) is 35.9 Å². The van der Waals surface area contributed by atoms with Crippen molar-refractivity contribution in [1.82, 2.24) is 9.80 Å². The van der Waals surface area contributed by atoms with E-state index in [1.165, 1.54) is 45.2 Å². The molecule has 3 heteroatoms. The standard InChI is InChI=1S/C22H31N3/c1-24-16-22(17-24,11-12-23)25-13-9-18(10-14-25)7-8-20-15-21(20)19-5-3-2-4-6-19/h2-6,18,20-21H,7-11,13-17H2,1H3. The van der Waals surface area contributed by atoms with E-state index in [9.17, 15) is 5.26 Å². The van der Waals surface area contributed by atoms with Crippen molar-refractivity contribution in [2.45, 2.75) is 50.0 Å². The maximum atomic E-state index is 9.21. The van der Waals surface area contributed by atoms with Gasteiger partial charge in [0.15, 0.2) is 0 Å². The SMILES string of the molecule is CN1CC(CC#N)(N2CCC(CCC3CC3c3ccccc3)CC2)C1. The Bertz CT molecular complexity index is 606. The maximum absolute atomic E-state index is 9.21. The monoisotopic (exact) mass is 337 g/mol. The van der Waals surface area contributed by atoms with Crippen molar-refractivity contribution >= 4 is 0 Å². The average Bonchev–Trinajstić information content (AvgIpc) is 3.39. The summed E-state index contributed by atoms with van der Waals surface area (Å²) in [5, 5.41) is 9.21. The van der Waals surface area contributed by atoms with Crippen LogP contribution in [0, 0.1) is 23.2 Å². The van der Waals surface area contributed by atoms with Crippen molar-refractivity contribution in [3.63, 3.8) is 0 Å². The van der Waals surface area contributed by atoms with Gasteiger partial charge < -0.3 is 4.90 Å². The second-order valence-corrected chi connectivity index (χ2v) is 8.75. The van der Waals surface area contributed by atoms with Crippen molar-refractivity contribution in [2.24, 2.45) is 11.8 Å². The van der Waals surface area contributed by atoms with Crippen molar-refractivity contribution in [3.8, 4) is 6.07 Å². The van der Waals surface area contributed by atoms with Gasteiger partial charge in [-0.3, -0.25) is 4.90 Å². The molecule has 1 saturated carbocycles. The molecule has 1 aromatic rings. The molecular formula is C22H31N3. The summed E-state index contributed by atoms with van der Waals surface area (Å²) in [6.07, 6.45) is 7.59. The summed E-state index contributed by atoms with van der Waals surface area (Å²) in [5.41, 5.74) is 1.72. The summed E-state index contributed by atoms with van der Waals surface area (Å²) in [6.45, 7) is 4.55. The number of likely N-dealkylation sites (N-methyl/N-ethyl adjacent to an activating group) is 1. The smallest absolute Gasteiger partial charge is 0.0642 e. The molecule has 3 aliphatic rings. The third kappa shape index (κ3) is 3.61. The minimum Gasteiger partial charge on any atom is -0.303 e. The summed E-state index contributed by atoms with van der Waals surface area (Å²) in [6, 6.07) is 13.5. The van der Waals surface area contributed by atoms with Gasteiger partial charge in [0.25, 0.3) is 0 Å². The Hall–Kier alpha value is -1.37. The minimum absolute atomic E-state index is 0.170. The first-order valence-corrected chi connectivity index (χ1v) is 10.1. The fourth-order valence-electron chi connectivity index (χ4n) is 5.35. The van der Waals surface area contributed by atoms with Gasteiger partial charge in [0.05, 0.1) is 18.0 Å². The molecule has 0 N–H and O–H groups in total. The third-order valence-electron chi connectivity index (χ3n) is 6.92. The predicted molar refractivity (Wildman–Crippen MR) is 101 cm³/mol. The van der Waals surface area contributed by atoms with Gasteiger partial charge in [0.2, 0.25) is 0 Å². The minimum atomic E-state index is 0.170. The van der Waals surface area contributed by atoms with Gasteiger partial charge in [0, 0.05) is 13.1 Å². The molecule has 3 nitrogen and oxygen atoms in total. The van der Waals surface area contributed by atoms with E-state index in [-0.39, 0.29) is 5.54 Å². The van der Waals surface area contributed by atoms with Gasteiger partial charge in [-0.15, -0.1) is 0 Å². The van der Waals surface area contributed by atoms with Crippen molar-refractivity contribution in [1.29, 1.82) is 5.26 Å². The molecule has 3 fully saturated rings. The maximum Gasteiger partial charge on any atom is 0.0642 e. The Labute approximate surface area is 152 Å².